The molecule has 0 atom stereocenters. The maximum Gasteiger partial charge on any atom is 0.142 e. The van der Waals surface area contributed by atoms with E-state index in [9.17, 15) is 4.39 Å². The number of rotatable bonds is 2. The molecule has 18 heavy (non-hydrogen) atoms. The lowest BCUT2D eigenvalue weighted by atomic mass is 10.2. The summed E-state index contributed by atoms with van der Waals surface area (Å²) in [5, 5.41) is 6.02. The molecule has 0 amide bonds. The molecule has 1 aromatic carbocycles. The number of aromatic nitrogens is 2. The molecule has 2 aromatic heterocycles. The van der Waals surface area contributed by atoms with Crippen LogP contribution in [0.4, 0.5) is 15.9 Å². The van der Waals surface area contributed by atoms with E-state index in [4.69, 9.17) is 0 Å². The summed E-state index contributed by atoms with van der Waals surface area (Å²) in [7, 11) is 0. The Balaban J connectivity index is 2.01. The molecule has 0 radical (unpaired) electrons. The van der Waals surface area contributed by atoms with Crippen LogP contribution in [0.5, 0.6) is 0 Å². The molecule has 3 rings (SSSR count). The number of fused-ring (bicyclic) bond motifs is 1. The lowest BCUT2D eigenvalue weighted by Gasteiger charge is -2.07. The van der Waals surface area contributed by atoms with Crippen LogP contribution < -0.4 is 5.32 Å². The zero-order valence-electron chi connectivity index (χ0n) is 9.64. The second kappa shape index (κ2) is 4.34. The third-order valence-electron chi connectivity index (χ3n) is 2.70. The van der Waals surface area contributed by atoms with E-state index in [2.05, 4.69) is 15.3 Å². The van der Waals surface area contributed by atoms with Crippen LogP contribution in [0, 0.1) is 12.7 Å². The third-order valence-corrected chi connectivity index (χ3v) is 3.52. The summed E-state index contributed by atoms with van der Waals surface area (Å²) in [4.78, 5) is 9.27. The number of hydrogen-bond acceptors (Lipinski definition) is 4. The Morgan fingerprint density at radius 3 is 2.94 bits per heavy atom. The predicted molar refractivity (Wildman–Crippen MR) is 71.8 cm³/mol. The Hall–Kier alpha value is -2.01. The smallest absolute Gasteiger partial charge is 0.142 e. The molecule has 0 fully saturated rings. The fraction of sp³-hybridized carbons (Fsp3) is 0.0769. The Bertz CT molecular complexity index is 708. The molecule has 0 bridgehead atoms. The maximum atomic E-state index is 13.5. The summed E-state index contributed by atoms with van der Waals surface area (Å²) >= 11 is 1.55. The monoisotopic (exact) mass is 259 g/mol. The van der Waals surface area contributed by atoms with Gasteiger partial charge in [0.2, 0.25) is 0 Å². The minimum Gasteiger partial charge on any atom is -0.340 e. The highest BCUT2D eigenvalue weighted by molar-refractivity contribution is 7.16. The average Bonchev–Trinajstić information content (AvgIpc) is 2.83. The summed E-state index contributed by atoms with van der Waals surface area (Å²) in [5.74, 6) is 0.472. The molecule has 3 nitrogen and oxygen atoms in total. The van der Waals surface area contributed by atoms with Crippen molar-refractivity contribution in [3.05, 3.63) is 47.4 Å². The maximum absolute atomic E-state index is 13.5. The van der Waals surface area contributed by atoms with Gasteiger partial charge < -0.3 is 5.32 Å². The molecule has 3 aromatic rings. The molecule has 5 heteroatoms. The van der Waals surface area contributed by atoms with Crippen molar-refractivity contribution in [2.45, 2.75) is 6.92 Å². The quantitative estimate of drug-likeness (QED) is 0.758. The van der Waals surface area contributed by atoms with Crippen molar-refractivity contribution in [2.24, 2.45) is 0 Å². The van der Waals surface area contributed by atoms with Gasteiger partial charge in [0, 0.05) is 5.69 Å². The first-order valence-corrected chi connectivity index (χ1v) is 6.33. The van der Waals surface area contributed by atoms with E-state index < -0.39 is 0 Å². The van der Waals surface area contributed by atoms with Crippen LogP contribution in [0.1, 0.15) is 5.56 Å². The summed E-state index contributed by atoms with van der Waals surface area (Å²) < 4.78 is 13.5. The van der Waals surface area contributed by atoms with E-state index in [1.165, 1.54) is 12.4 Å². The SMILES string of the molecule is Cc1ccc(Nc2ncnc3sccc23)cc1F. The van der Waals surface area contributed by atoms with Crippen molar-refractivity contribution in [1.82, 2.24) is 9.97 Å². The molecule has 90 valence electrons. The Kier molecular flexibility index (Phi) is 2.68. The van der Waals surface area contributed by atoms with Gasteiger partial charge in [0.25, 0.3) is 0 Å². The first-order valence-electron chi connectivity index (χ1n) is 5.45. The molecule has 0 saturated carbocycles. The Labute approximate surface area is 107 Å². The number of benzene rings is 1. The van der Waals surface area contributed by atoms with E-state index in [0.29, 0.717) is 17.1 Å². The lowest BCUT2D eigenvalue weighted by molar-refractivity contribution is 0.619. The molecule has 0 saturated heterocycles. The third kappa shape index (κ3) is 1.93. The molecule has 0 aliphatic rings. The summed E-state index contributed by atoms with van der Waals surface area (Å²) in [6, 6.07) is 6.99. The molecular weight excluding hydrogens is 249 g/mol. The van der Waals surface area contributed by atoms with Gasteiger partial charge in [0.05, 0.1) is 5.39 Å². The fourth-order valence-electron chi connectivity index (χ4n) is 1.70. The van der Waals surface area contributed by atoms with Crippen molar-refractivity contribution in [1.29, 1.82) is 0 Å². The fourth-order valence-corrected chi connectivity index (χ4v) is 2.43. The van der Waals surface area contributed by atoms with Gasteiger partial charge in [-0.05, 0) is 36.1 Å². The molecule has 1 N–H and O–H groups in total. The second-order valence-corrected chi connectivity index (χ2v) is 4.85. The topological polar surface area (TPSA) is 37.8 Å². The Morgan fingerprint density at radius 1 is 1.22 bits per heavy atom. The second-order valence-electron chi connectivity index (χ2n) is 3.95. The minimum absolute atomic E-state index is 0.226. The van der Waals surface area contributed by atoms with Gasteiger partial charge in [-0.25, -0.2) is 14.4 Å². The molecule has 0 aliphatic heterocycles. The number of hydrogen-bond donors (Lipinski definition) is 1. The lowest BCUT2D eigenvalue weighted by Crippen LogP contribution is -1.95. The van der Waals surface area contributed by atoms with Crippen molar-refractivity contribution in [2.75, 3.05) is 5.32 Å². The highest BCUT2D eigenvalue weighted by atomic mass is 32.1. The van der Waals surface area contributed by atoms with Crippen LogP contribution in [-0.2, 0) is 0 Å². The molecule has 0 spiro atoms. The van der Waals surface area contributed by atoms with Crippen LogP contribution in [0.2, 0.25) is 0 Å². The highest BCUT2D eigenvalue weighted by Gasteiger charge is 2.06. The molecule has 2 heterocycles. The van der Waals surface area contributed by atoms with Gasteiger partial charge >= 0.3 is 0 Å². The Morgan fingerprint density at radius 2 is 2.11 bits per heavy atom. The van der Waals surface area contributed by atoms with E-state index in [-0.39, 0.29) is 5.82 Å². The summed E-state index contributed by atoms with van der Waals surface area (Å²) in [6.45, 7) is 1.74. The zero-order chi connectivity index (χ0) is 12.5. The molecule has 0 unspecified atom stereocenters. The number of halogens is 1. The number of thiophene rings is 1. The number of aryl methyl sites for hydroxylation is 1. The van der Waals surface area contributed by atoms with Gasteiger partial charge in [-0.1, -0.05) is 6.07 Å². The first kappa shape index (κ1) is 11.1. The van der Waals surface area contributed by atoms with Gasteiger partial charge in [-0.2, -0.15) is 0 Å². The van der Waals surface area contributed by atoms with Crippen molar-refractivity contribution in [3.63, 3.8) is 0 Å². The number of nitrogens with zero attached hydrogens (tertiary/aromatic N) is 2. The predicted octanol–water partition coefficient (Wildman–Crippen LogP) is 3.88. The minimum atomic E-state index is -0.226. The van der Waals surface area contributed by atoms with Crippen LogP contribution >= 0.6 is 11.3 Å². The largest absolute Gasteiger partial charge is 0.340 e. The van der Waals surface area contributed by atoms with Crippen molar-refractivity contribution in [3.8, 4) is 0 Å². The molecule has 0 aliphatic carbocycles. The van der Waals surface area contributed by atoms with E-state index in [1.54, 1.807) is 24.3 Å². The van der Waals surface area contributed by atoms with Gasteiger partial charge in [-0.3, -0.25) is 0 Å². The van der Waals surface area contributed by atoms with Crippen molar-refractivity contribution < 1.29 is 4.39 Å². The van der Waals surface area contributed by atoms with Crippen LogP contribution in [0.15, 0.2) is 36.0 Å². The number of nitrogens with one attached hydrogen (secondary N) is 1. The van der Waals surface area contributed by atoms with E-state index >= 15 is 0 Å². The zero-order valence-corrected chi connectivity index (χ0v) is 10.5. The van der Waals surface area contributed by atoms with E-state index in [1.807, 2.05) is 17.5 Å². The van der Waals surface area contributed by atoms with Crippen LogP contribution in [-0.4, -0.2) is 9.97 Å². The summed E-state index contributed by atoms with van der Waals surface area (Å²) in [6.07, 6.45) is 1.51. The van der Waals surface area contributed by atoms with Gasteiger partial charge in [-0.15, -0.1) is 11.3 Å². The highest BCUT2D eigenvalue weighted by Crippen LogP contribution is 2.26. The van der Waals surface area contributed by atoms with Crippen LogP contribution in [0.3, 0.4) is 0 Å². The van der Waals surface area contributed by atoms with Crippen molar-refractivity contribution >= 4 is 33.1 Å². The summed E-state index contributed by atoms with van der Waals surface area (Å²) in [5.41, 5.74) is 1.31. The normalized spacial score (nSPS) is 10.8. The van der Waals surface area contributed by atoms with Crippen LogP contribution in [0.25, 0.3) is 10.2 Å². The van der Waals surface area contributed by atoms with E-state index in [0.717, 1.165) is 10.2 Å². The van der Waals surface area contributed by atoms with Gasteiger partial charge in [0.15, 0.2) is 0 Å². The standard InChI is InChI=1S/C13H10FN3S/c1-8-2-3-9(6-11(8)14)17-12-10-4-5-18-13(10)16-7-15-12/h2-7H,1H3,(H,15,16,17). The first-order chi connectivity index (χ1) is 8.74. The van der Waals surface area contributed by atoms with Gasteiger partial charge in [0.1, 0.15) is 22.8 Å². The molecular formula is C13H10FN3S. The number of anilines is 2. The average molecular weight is 259 g/mol.